The fourth-order valence-corrected chi connectivity index (χ4v) is 2.57. The summed E-state index contributed by atoms with van der Waals surface area (Å²) in [6.07, 6.45) is -4.12. The van der Waals surface area contributed by atoms with E-state index in [1.807, 2.05) is 0 Å². The fraction of sp³-hybridized carbons (Fsp3) is 0.500. The van der Waals surface area contributed by atoms with Gasteiger partial charge >= 0.3 is 5.97 Å². The van der Waals surface area contributed by atoms with Crippen molar-refractivity contribution in [1.29, 1.82) is 0 Å². The zero-order valence-corrected chi connectivity index (χ0v) is 15.8. The second-order valence-corrected chi connectivity index (χ2v) is 6.33. The number of ether oxygens (including phenoxy) is 1. The highest BCUT2D eigenvalue weighted by molar-refractivity contribution is 7.80. The molecule has 0 radical (unpaired) electrons. The molecule has 0 bridgehead atoms. The summed E-state index contributed by atoms with van der Waals surface area (Å²) in [5.41, 5.74) is 5.51. The summed E-state index contributed by atoms with van der Waals surface area (Å²) < 4.78 is 5.18. The second kappa shape index (κ2) is 10.4. The lowest BCUT2D eigenvalue weighted by molar-refractivity contribution is -0.164. The molecule has 28 heavy (non-hydrogen) atoms. The van der Waals surface area contributed by atoms with Gasteiger partial charge in [0.2, 0.25) is 0 Å². The van der Waals surface area contributed by atoms with E-state index in [2.05, 4.69) is 11.9 Å². The molecule has 156 valence electrons. The number of thiocarbonyl (C=S) groups is 1. The van der Waals surface area contributed by atoms with E-state index < -0.39 is 60.4 Å². The molecule has 1 heterocycles. The van der Waals surface area contributed by atoms with Crippen molar-refractivity contribution in [2.24, 2.45) is 5.73 Å². The van der Waals surface area contributed by atoms with Crippen molar-refractivity contribution in [3.05, 3.63) is 24.3 Å². The molecule has 0 saturated carbocycles. The first-order chi connectivity index (χ1) is 13.0. The predicted octanol–water partition coefficient (Wildman–Crippen LogP) is -2.76. The Morgan fingerprint density at radius 3 is 2.54 bits per heavy atom. The number of carbonyl (C=O) groups excluding carboxylic acids is 2. The van der Waals surface area contributed by atoms with Crippen molar-refractivity contribution < 1.29 is 39.5 Å². The van der Waals surface area contributed by atoms with Crippen LogP contribution in [0.2, 0.25) is 0 Å². The molecule has 0 aromatic rings. The molecule has 0 spiro atoms. The number of hydrogen-bond acceptors (Lipinski definition) is 9. The van der Waals surface area contributed by atoms with Crippen LogP contribution in [0.1, 0.15) is 6.92 Å². The summed E-state index contributed by atoms with van der Waals surface area (Å²) in [5, 5.41) is 40.0. The SMILES string of the molecule is C=CCN1C(=O)/C(=C/[C@H](N)[C@@H](O[C@H](C)C(=O)O)[C@H](O)[C@H](O)CO)C(=O)NC1=S. The highest BCUT2D eigenvalue weighted by Crippen LogP contribution is 2.16. The molecule has 1 fully saturated rings. The second-order valence-electron chi connectivity index (χ2n) is 5.94. The van der Waals surface area contributed by atoms with Crippen molar-refractivity contribution in [1.82, 2.24) is 10.2 Å². The number of carboxylic acids is 1. The van der Waals surface area contributed by atoms with Crippen LogP contribution in [-0.2, 0) is 19.1 Å². The average Bonchev–Trinajstić information content (AvgIpc) is 2.64. The lowest BCUT2D eigenvalue weighted by atomic mass is 9.98. The van der Waals surface area contributed by atoms with Crippen LogP contribution in [0.5, 0.6) is 0 Å². The van der Waals surface area contributed by atoms with Crippen molar-refractivity contribution in [2.75, 3.05) is 13.2 Å². The third kappa shape index (κ3) is 5.64. The molecule has 7 N–H and O–H groups in total. The summed E-state index contributed by atoms with van der Waals surface area (Å²) >= 11 is 4.92. The molecule has 11 nitrogen and oxygen atoms in total. The van der Waals surface area contributed by atoms with E-state index in [0.717, 1.165) is 17.9 Å². The molecular weight excluding hydrogens is 394 g/mol. The third-order valence-corrected chi connectivity index (χ3v) is 4.19. The van der Waals surface area contributed by atoms with Crippen LogP contribution in [0.25, 0.3) is 0 Å². The van der Waals surface area contributed by atoms with E-state index in [-0.39, 0.29) is 11.7 Å². The van der Waals surface area contributed by atoms with Gasteiger partial charge in [0.15, 0.2) is 11.2 Å². The molecule has 1 aliphatic rings. The zero-order valence-electron chi connectivity index (χ0n) is 15.0. The molecule has 5 atom stereocenters. The number of nitrogens with two attached hydrogens (primary N) is 1. The molecule has 0 aliphatic carbocycles. The number of aliphatic hydroxyl groups is 3. The van der Waals surface area contributed by atoms with Gasteiger partial charge in [-0.3, -0.25) is 19.8 Å². The molecule has 12 heteroatoms. The van der Waals surface area contributed by atoms with E-state index in [1.165, 1.54) is 6.08 Å². The van der Waals surface area contributed by atoms with E-state index in [9.17, 15) is 24.6 Å². The monoisotopic (exact) mass is 417 g/mol. The van der Waals surface area contributed by atoms with Crippen molar-refractivity contribution in [3.8, 4) is 0 Å². The van der Waals surface area contributed by atoms with E-state index in [4.69, 9.17) is 32.9 Å². The first-order valence-electron chi connectivity index (χ1n) is 8.15. The van der Waals surface area contributed by atoms with Crippen LogP contribution in [0.4, 0.5) is 0 Å². The number of aliphatic carboxylic acids is 1. The number of nitrogens with one attached hydrogen (secondary N) is 1. The highest BCUT2D eigenvalue weighted by atomic mass is 32.1. The lowest BCUT2D eigenvalue weighted by Gasteiger charge is -2.32. The largest absolute Gasteiger partial charge is 0.479 e. The summed E-state index contributed by atoms with van der Waals surface area (Å²) in [6.45, 7) is 3.82. The summed E-state index contributed by atoms with van der Waals surface area (Å²) in [7, 11) is 0. The molecule has 0 unspecified atom stereocenters. The number of nitrogens with zero attached hydrogens (tertiary/aromatic N) is 1. The Hall–Kier alpha value is -2.22. The Labute approximate surface area is 166 Å². The standard InChI is InChI=1S/C16H23N3O8S/c1-3-4-19-14(24)8(13(23)18-16(19)28)5-9(17)12(11(22)10(21)6-20)27-7(2)15(25)26/h3,5,7,9-12,20-22H,1,4,6,17H2,2H3,(H,25,26)(H,18,23,28)/b8-5+/t7-,9+,10-,11-,12-/m1/s1. The minimum atomic E-state index is -1.80. The van der Waals surface area contributed by atoms with Gasteiger partial charge in [0, 0.05) is 6.54 Å². The molecule has 1 saturated heterocycles. The molecule has 1 rings (SSSR count). The van der Waals surface area contributed by atoms with Gasteiger partial charge in [-0.2, -0.15) is 0 Å². The Bertz CT molecular complexity index is 683. The average molecular weight is 417 g/mol. The quantitative estimate of drug-likeness (QED) is 0.0942. The van der Waals surface area contributed by atoms with Gasteiger partial charge < -0.3 is 30.9 Å². The maximum absolute atomic E-state index is 12.5. The van der Waals surface area contributed by atoms with Crippen LogP contribution in [0.15, 0.2) is 24.3 Å². The first-order valence-corrected chi connectivity index (χ1v) is 8.56. The maximum Gasteiger partial charge on any atom is 0.332 e. The van der Waals surface area contributed by atoms with E-state index >= 15 is 0 Å². The number of aliphatic hydroxyl groups excluding tert-OH is 3. The maximum atomic E-state index is 12.5. The summed E-state index contributed by atoms with van der Waals surface area (Å²) in [5.74, 6) is -2.98. The Balaban J connectivity index is 3.21. The van der Waals surface area contributed by atoms with Gasteiger partial charge in [0.1, 0.15) is 23.9 Å². The minimum absolute atomic E-state index is 0.0202. The number of carboxylic acid groups (broad SMARTS) is 1. The van der Waals surface area contributed by atoms with Gasteiger partial charge in [0.25, 0.3) is 11.8 Å². The van der Waals surface area contributed by atoms with Crippen molar-refractivity contribution in [2.45, 2.75) is 37.4 Å². The van der Waals surface area contributed by atoms with Crippen molar-refractivity contribution >= 4 is 35.1 Å². The predicted molar refractivity (Wildman–Crippen MR) is 99.8 cm³/mol. The first kappa shape index (κ1) is 23.8. The van der Waals surface area contributed by atoms with Gasteiger partial charge in [0.05, 0.1) is 12.6 Å². The fourth-order valence-electron chi connectivity index (χ4n) is 2.32. The van der Waals surface area contributed by atoms with Crippen LogP contribution in [0, 0.1) is 0 Å². The van der Waals surface area contributed by atoms with Crippen LogP contribution in [-0.4, -0.2) is 91.8 Å². The van der Waals surface area contributed by atoms with Crippen molar-refractivity contribution in [3.63, 3.8) is 0 Å². The molecule has 0 aromatic heterocycles. The van der Waals surface area contributed by atoms with Gasteiger partial charge in [-0.25, -0.2) is 4.79 Å². The van der Waals surface area contributed by atoms with Gasteiger partial charge in [-0.15, -0.1) is 6.58 Å². The molecule has 0 aromatic carbocycles. The van der Waals surface area contributed by atoms with Crippen LogP contribution < -0.4 is 11.1 Å². The zero-order chi connectivity index (χ0) is 21.6. The van der Waals surface area contributed by atoms with E-state index in [0.29, 0.717) is 0 Å². The van der Waals surface area contributed by atoms with Crippen LogP contribution >= 0.6 is 12.2 Å². The lowest BCUT2D eigenvalue weighted by Crippen LogP contribution is -2.55. The molecule has 1 aliphatic heterocycles. The number of rotatable bonds is 10. The van der Waals surface area contributed by atoms with Gasteiger partial charge in [-0.1, -0.05) is 6.08 Å². The smallest absolute Gasteiger partial charge is 0.332 e. The number of hydrogen-bond donors (Lipinski definition) is 6. The Morgan fingerprint density at radius 1 is 1.43 bits per heavy atom. The molecular formula is C16H23N3O8S. The summed E-state index contributed by atoms with van der Waals surface area (Å²) in [6, 6.07) is -1.39. The normalized spacial score (nSPS) is 21.7. The van der Waals surface area contributed by atoms with E-state index in [1.54, 1.807) is 0 Å². The Kier molecular flexibility index (Phi) is 8.81. The Morgan fingerprint density at radius 2 is 2.04 bits per heavy atom. The summed E-state index contributed by atoms with van der Waals surface area (Å²) in [4.78, 5) is 36.7. The third-order valence-electron chi connectivity index (χ3n) is 3.86. The number of carbonyl (C=O) groups is 3. The number of amides is 2. The minimum Gasteiger partial charge on any atom is -0.479 e. The van der Waals surface area contributed by atoms with Gasteiger partial charge in [-0.05, 0) is 25.2 Å². The van der Waals surface area contributed by atoms with Crippen LogP contribution in [0.3, 0.4) is 0 Å². The topological polar surface area (TPSA) is 183 Å². The molecule has 2 amide bonds. The highest BCUT2D eigenvalue weighted by Gasteiger charge is 2.37.